The monoisotopic (exact) mass is 316 g/mol. The molecule has 1 amide bonds. The van der Waals surface area contributed by atoms with Crippen LogP contribution in [0.15, 0.2) is 46.1 Å². The van der Waals surface area contributed by atoms with Gasteiger partial charge in [-0.2, -0.15) is 0 Å². The quantitative estimate of drug-likeness (QED) is 0.702. The van der Waals surface area contributed by atoms with Crippen LogP contribution in [0.4, 0.5) is 4.79 Å². The number of aromatic nitrogens is 3. The van der Waals surface area contributed by atoms with Gasteiger partial charge in [-0.05, 0) is 30.6 Å². The van der Waals surface area contributed by atoms with Crippen LogP contribution in [0, 0.1) is 6.92 Å². The first-order chi connectivity index (χ1) is 11.2. The van der Waals surface area contributed by atoms with E-state index >= 15 is 0 Å². The third-order valence-electron chi connectivity index (χ3n) is 3.24. The molecule has 0 unspecified atom stereocenters. The number of furan rings is 1. The second-order valence-electron chi connectivity index (χ2n) is 4.89. The van der Waals surface area contributed by atoms with Gasteiger partial charge in [-0.1, -0.05) is 0 Å². The lowest BCUT2D eigenvalue weighted by molar-refractivity contribution is 0.195. The van der Waals surface area contributed by atoms with Crippen molar-refractivity contribution in [3.05, 3.63) is 42.7 Å². The van der Waals surface area contributed by atoms with Gasteiger partial charge in [0, 0.05) is 25.5 Å². The smallest absolute Gasteiger partial charge is 0.414 e. The molecule has 0 saturated carbocycles. The average Bonchev–Trinajstić information content (AvgIpc) is 3.27. The molecular formula is C15H16N4O4. The largest absolute Gasteiger partial charge is 0.461 e. The summed E-state index contributed by atoms with van der Waals surface area (Å²) in [5, 5.41) is 6.41. The van der Waals surface area contributed by atoms with E-state index in [1.54, 1.807) is 31.6 Å². The Labute approximate surface area is 132 Å². The highest BCUT2D eigenvalue weighted by atomic mass is 16.6. The van der Waals surface area contributed by atoms with Gasteiger partial charge in [-0.3, -0.25) is 0 Å². The summed E-state index contributed by atoms with van der Waals surface area (Å²) in [6, 6.07) is 3.48. The van der Waals surface area contributed by atoms with Gasteiger partial charge >= 0.3 is 6.09 Å². The Balaban J connectivity index is 1.48. The van der Waals surface area contributed by atoms with Crippen molar-refractivity contribution < 1.29 is 18.5 Å². The fraction of sp³-hybridized carbons (Fsp3) is 0.267. The van der Waals surface area contributed by atoms with Gasteiger partial charge in [0.1, 0.15) is 0 Å². The van der Waals surface area contributed by atoms with E-state index in [4.69, 9.17) is 13.7 Å². The van der Waals surface area contributed by atoms with Gasteiger partial charge < -0.3 is 23.6 Å². The Kier molecular flexibility index (Phi) is 4.41. The fourth-order valence-corrected chi connectivity index (χ4v) is 2.05. The van der Waals surface area contributed by atoms with Crippen molar-refractivity contribution in [3.8, 4) is 17.4 Å². The van der Waals surface area contributed by atoms with Crippen LogP contribution in [0.5, 0.6) is 5.88 Å². The highest BCUT2D eigenvalue weighted by Crippen LogP contribution is 2.29. The number of hydrogen-bond acceptors (Lipinski definition) is 6. The molecule has 0 aliphatic rings. The Hall–Kier alpha value is -3.03. The van der Waals surface area contributed by atoms with E-state index in [0.717, 1.165) is 13.0 Å². The minimum Gasteiger partial charge on any atom is -0.461 e. The van der Waals surface area contributed by atoms with Gasteiger partial charge in [0.15, 0.2) is 5.76 Å². The first-order valence-electron chi connectivity index (χ1n) is 7.15. The SMILES string of the molecule is Cc1c(OC(=O)NCCCn2ccnc2)noc1-c1ccco1. The highest BCUT2D eigenvalue weighted by Gasteiger charge is 2.19. The molecule has 0 saturated heterocycles. The molecule has 1 N–H and O–H groups in total. The number of ether oxygens (including phenoxy) is 1. The molecule has 3 rings (SSSR count). The molecule has 120 valence electrons. The van der Waals surface area contributed by atoms with E-state index in [1.807, 2.05) is 10.8 Å². The van der Waals surface area contributed by atoms with E-state index in [0.29, 0.717) is 23.6 Å². The molecule has 0 radical (unpaired) electrons. The van der Waals surface area contributed by atoms with E-state index in [1.165, 1.54) is 6.26 Å². The molecule has 8 heteroatoms. The maximum absolute atomic E-state index is 11.8. The van der Waals surface area contributed by atoms with Gasteiger partial charge in [0.25, 0.3) is 5.88 Å². The Morgan fingerprint density at radius 3 is 3.13 bits per heavy atom. The lowest BCUT2D eigenvalue weighted by atomic mass is 10.2. The maximum Gasteiger partial charge on any atom is 0.414 e. The molecule has 3 aromatic heterocycles. The first kappa shape index (κ1) is 14.9. The molecule has 0 aromatic carbocycles. The zero-order valence-corrected chi connectivity index (χ0v) is 12.6. The summed E-state index contributed by atoms with van der Waals surface area (Å²) < 4.78 is 17.5. The van der Waals surface area contributed by atoms with Crippen LogP contribution in [0.25, 0.3) is 11.5 Å². The molecule has 0 bridgehead atoms. The molecule has 23 heavy (non-hydrogen) atoms. The molecule has 0 aliphatic carbocycles. The molecule has 0 aliphatic heterocycles. The summed E-state index contributed by atoms with van der Waals surface area (Å²) in [5.74, 6) is 1.10. The second kappa shape index (κ2) is 6.82. The minimum atomic E-state index is -0.571. The van der Waals surface area contributed by atoms with Crippen LogP contribution in [0.3, 0.4) is 0 Å². The summed E-state index contributed by atoms with van der Waals surface area (Å²) in [4.78, 5) is 15.7. The number of aryl methyl sites for hydroxylation is 1. The van der Waals surface area contributed by atoms with Crippen molar-refractivity contribution in [1.82, 2.24) is 20.0 Å². The van der Waals surface area contributed by atoms with Gasteiger partial charge in [-0.25, -0.2) is 9.78 Å². The second-order valence-corrected chi connectivity index (χ2v) is 4.89. The van der Waals surface area contributed by atoms with E-state index < -0.39 is 6.09 Å². The first-order valence-corrected chi connectivity index (χ1v) is 7.15. The topological polar surface area (TPSA) is 95.3 Å². The number of imidazole rings is 1. The number of nitrogens with one attached hydrogen (secondary N) is 1. The Morgan fingerprint density at radius 2 is 2.39 bits per heavy atom. The normalized spacial score (nSPS) is 10.7. The number of amides is 1. The van der Waals surface area contributed by atoms with Crippen molar-refractivity contribution in [2.24, 2.45) is 0 Å². The molecular weight excluding hydrogens is 300 g/mol. The number of carbonyl (C=O) groups excluding carboxylic acids is 1. The van der Waals surface area contributed by atoms with Crippen molar-refractivity contribution in [3.63, 3.8) is 0 Å². The third-order valence-corrected chi connectivity index (χ3v) is 3.24. The van der Waals surface area contributed by atoms with Crippen LogP contribution in [-0.2, 0) is 6.54 Å². The molecule has 0 atom stereocenters. The van der Waals surface area contributed by atoms with Crippen LogP contribution < -0.4 is 10.1 Å². The van der Waals surface area contributed by atoms with E-state index in [2.05, 4.69) is 15.5 Å². The maximum atomic E-state index is 11.8. The fourth-order valence-electron chi connectivity index (χ4n) is 2.05. The highest BCUT2D eigenvalue weighted by molar-refractivity contribution is 5.71. The van der Waals surface area contributed by atoms with Crippen LogP contribution >= 0.6 is 0 Å². The summed E-state index contributed by atoms with van der Waals surface area (Å²) in [7, 11) is 0. The van der Waals surface area contributed by atoms with Crippen LogP contribution in [0.1, 0.15) is 12.0 Å². The molecule has 3 aromatic rings. The predicted octanol–water partition coefficient (Wildman–Crippen LogP) is 2.62. The van der Waals surface area contributed by atoms with Crippen LogP contribution in [0.2, 0.25) is 0 Å². The lowest BCUT2D eigenvalue weighted by Crippen LogP contribution is -2.28. The lowest BCUT2D eigenvalue weighted by Gasteiger charge is -2.05. The number of rotatable bonds is 6. The van der Waals surface area contributed by atoms with Gasteiger partial charge in [0.2, 0.25) is 5.76 Å². The third kappa shape index (κ3) is 3.60. The summed E-state index contributed by atoms with van der Waals surface area (Å²) in [5.41, 5.74) is 0.605. The van der Waals surface area contributed by atoms with E-state index in [-0.39, 0.29) is 5.88 Å². The summed E-state index contributed by atoms with van der Waals surface area (Å²) >= 11 is 0. The number of nitrogens with zero attached hydrogens (tertiary/aromatic N) is 3. The molecule has 8 nitrogen and oxygen atoms in total. The molecule has 0 fully saturated rings. The number of hydrogen-bond donors (Lipinski definition) is 1. The van der Waals surface area contributed by atoms with Crippen molar-refractivity contribution >= 4 is 6.09 Å². The predicted molar refractivity (Wildman–Crippen MR) is 79.8 cm³/mol. The zero-order chi connectivity index (χ0) is 16.1. The molecule has 0 spiro atoms. The number of carbonyl (C=O) groups is 1. The summed E-state index contributed by atoms with van der Waals surface area (Å²) in [6.45, 7) is 3.00. The summed E-state index contributed by atoms with van der Waals surface area (Å²) in [6.07, 6.45) is 7.04. The Morgan fingerprint density at radius 1 is 1.48 bits per heavy atom. The standard InChI is InChI=1S/C15H16N4O4/c1-11-13(12-4-2-9-21-12)23-18-14(11)22-15(20)17-5-3-7-19-8-6-16-10-19/h2,4,6,8-10H,3,5,7H2,1H3,(H,17,20). The van der Waals surface area contributed by atoms with E-state index in [9.17, 15) is 4.79 Å². The van der Waals surface area contributed by atoms with Crippen LogP contribution in [-0.4, -0.2) is 27.3 Å². The average molecular weight is 316 g/mol. The van der Waals surface area contributed by atoms with Crippen molar-refractivity contribution in [2.75, 3.05) is 6.54 Å². The minimum absolute atomic E-state index is 0.128. The van der Waals surface area contributed by atoms with Gasteiger partial charge in [0.05, 0.1) is 18.2 Å². The van der Waals surface area contributed by atoms with Crippen molar-refractivity contribution in [1.29, 1.82) is 0 Å². The van der Waals surface area contributed by atoms with Gasteiger partial charge in [-0.15, -0.1) is 0 Å². The molecule has 3 heterocycles. The Bertz CT molecular complexity index is 747. The zero-order valence-electron chi connectivity index (χ0n) is 12.6. The van der Waals surface area contributed by atoms with Crippen molar-refractivity contribution in [2.45, 2.75) is 19.9 Å².